The molecule has 0 spiro atoms. The molecule has 1 aliphatic rings. The molecule has 0 aromatic carbocycles. The third-order valence-corrected chi connectivity index (χ3v) is 4.49. The van der Waals surface area contributed by atoms with Crippen LogP contribution in [0.5, 0.6) is 0 Å². The first-order valence-corrected chi connectivity index (χ1v) is 7.56. The Hall–Kier alpha value is -1.70. The van der Waals surface area contributed by atoms with Crippen LogP contribution in [0.1, 0.15) is 25.1 Å². The summed E-state index contributed by atoms with van der Waals surface area (Å²) in [5.41, 5.74) is 7.53. The third kappa shape index (κ3) is 2.35. The predicted molar refractivity (Wildman–Crippen MR) is 82.3 cm³/mol. The molecule has 2 aromatic rings. The van der Waals surface area contributed by atoms with Gasteiger partial charge in [0.15, 0.2) is 0 Å². The number of aliphatic hydroxyl groups excluding tert-OH is 2. The topological polar surface area (TPSA) is 106 Å². The van der Waals surface area contributed by atoms with E-state index in [1.54, 1.807) is 0 Å². The van der Waals surface area contributed by atoms with Crippen molar-refractivity contribution in [2.45, 2.75) is 38.5 Å². The van der Waals surface area contributed by atoms with Crippen LogP contribution in [-0.2, 0) is 4.74 Å². The van der Waals surface area contributed by atoms with Gasteiger partial charge in [-0.25, -0.2) is 9.97 Å². The lowest BCUT2D eigenvalue weighted by molar-refractivity contribution is -0.0138. The zero-order chi connectivity index (χ0) is 15.9. The molecule has 0 aliphatic heterocycles. The first kappa shape index (κ1) is 15.2. The first-order chi connectivity index (χ1) is 10.5. The molecule has 1 saturated carbocycles. The molecule has 0 bridgehead atoms. The standard InChI is InChI=1S/C15H22N4O3/c1-3-22-6-9-5-11(13(21)12(9)20)19-8(2)4-10-14(16)17-7-18-15(10)19/h4,7,9,11-13,20-21H,3,5-6H2,1-2H3,(H2,16,17,18). The van der Waals surface area contributed by atoms with E-state index in [-0.39, 0.29) is 12.0 Å². The van der Waals surface area contributed by atoms with Crippen molar-refractivity contribution in [2.75, 3.05) is 18.9 Å². The van der Waals surface area contributed by atoms with Crippen LogP contribution in [0.4, 0.5) is 5.82 Å². The molecule has 22 heavy (non-hydrogen) atoms. The van der Waals surface area contributed by atoms with Gasteiger partial charge in [0.2, 0.25) is 0 Å². The van der Waals surface area contributed by atoms with Crippen molar-refractivity contribution < 1.29 is 14.9 Å². The Kier molecular flexibility index (Phi) is 4.03. The third-order valence-electron chi connectivity index (χ3n) is 4.49. The molecular formula is C15H22N4O3. The number of ether oxygens (including phenoxy) is 1. The average Bonchev–Trinajstić information content (AvgIpc) is 2.97. The molecule has 0 amide bonds. The fraction of sp³-hybridized carbons (Fsp3) is 0.600. The van der Waals surface area contributed by atoms with Crippen LogP contribution in [0.2, 0.25) is 0 Å². The molecule has 2 aromatic heterocycles. The lowest BCUT2D eigenvalue weighted by atomic mass is 10.1. The molecule has 7 heteroatoms. The summed E-state index contributed by atoms with van der Waals surface area (Å²) in [5.74, 6) is 0.335. The van der Waals surface area contributed by atoms with Crippen LogP contribution >= 0.6 is 0 Å². The first-order valence-electron chi connectivity index (χ1n) is 7.56. The zero-order valence-electron chi connectivity index (χ0n) is 12.8. The number of nitrogens with two attached hydrogens (primary N) is 1. The molecule has 4 atom stereocenters. The monoisotopic (exact) mass is 306 g/mol. The second-order valence-corrected chi connectivity index (χ2v) is 5.86. The van der Waals surface area contributed by atoms with E-state index in [1.165, 1.54) is 6.33 Å². The van der Waals surface area contributed by atoms with Gasteiger partial charge < -0.3 is 25.3 Å². The van der Waals surface area contributed by atoms with E-state index in [2.05, 4.69) is 9.97 Å². The highest BCUT2D eigenvalue weighted by Gasteiger charge is 2.43. The van der Waals surface area contributed by atoms with Crippen LogP contribution in [0.3, 0.4) is 0 Å². The van der Waals surface area contributed by atoms with Crippen molar-refractivity contribution >= 4 is 16.9 Å². The van der Waals surface area contributed by atoms with Crippen molar-refractivity contribution in [3.63, 3.8) is 0 Å². The summed E-state index contributed by atoms with van der Waals surface area (Å²) in [7, 11) is 0. The summed E-state index contributed by atoms with van der Waals surface area (Å²) < 4.78 is 7.36. The minimum atomic E-state index is -0.851. The molecule has 2 heterocycles. The van der Waals surface area contributed by atoms with Gasteiger partial charge in [-0.1, -0.05) is 0 Å². The van der Waals surface area contributed by atoms with Crippen molar-refractivity contribution in [3.8, 4) is 0 Å². The van der Waals surface area contributed by atoms with Crippen LogP contribution in [0, 0.1) is 12.8 Å². The number of aromatic nitrogens is 3. The second kappa shape index (κ2) is 5.83. The van der Waals surface area contributed by atoms with Gasteiger partial charge in [0, 0.05) is 18.2 Å². The van der Waals surface area contributed by atoms with E-state index < -0.39 is 12.2 Å². The van der Waals surface area contributed by atoms with Gasteiger partial charge in [0.1, 0.15) is 23.9 Å². The largest absolute Gasteiger partial charge is 0.390 e. The number of rotatable bonds is 4. The minimum Gasteiger partial charge on any atom is -0.390 e. The molecule has 4 unspecified atom stereocenters. The fourth-order valence-electron chi connectivity index (χ4n) is 3.38. The number of aliphatic hydroxyl groups is 2. The van der Waals surface area contributed by atoms with Gasteiger partial charge in [0.05, 0.1) is 24.1 Å². The molecule has 3 rings (SSSR count). The number of fused-ring (bicyclic) bond motifs is 1. The highest BCUT2D eigenvalue weighted by molar-refractivity contribution is 5.87. The van der Waals surface area contributed by atoms with E-state index in [1.807, 2.05) is 24.5 Å². The van der Waals surface area contributed by atoms with Gasteiger partial charge >= 0.3 is 0 Å². The molecular weight excluding hydrogens is 284 g/mol. The Morgan fingerprint density at radius 2 is 2.14 bits per heavy atom. The number of nitrogens with zero attached hydrogens (tertiary/aromatic N) is 3. The summed E-state index contributed by atoms with van der Waals surface area (Å²) in [6.07, 6.45) is 0.406. The van der Waals surface area contributed by atoms with E-state index >= 15 is 0 Å². The quantitative estimate of drug-likeness (QED) is 0.765. The highest BCUT2D eigenvalue weighted by Crippen LogP contribution is 2.38. The van der Waals surface area contributed by atoms with Gasteiger partial charge in [-0.2, -0.15) is 0 Å². The van der Waals surface area contributed by atoms with Gasteiger partial charge in [-0.05, 0) is 26.3 Å². The van der Waals surface area contributed by atoms with Crippen LogP contribution in [0.15, 0.2) is 12.4 Å². The predicted octanol–water partition coefficient (Wildman–Crippen LogP) is 0.641. The van der Waals surface area contributed by atoms with Crippen LogP contribution in [-0.4, -0.2) is 50.2 Å². The normalized spacial score (nSPS) is 28.5. The van der Waals surface area contributed by atoms with E-state index in [4.69, 9.17) is 10.5 Å². The van der Waals surface area contributed by atoms with Gasteiger partial charge in [-0.3, -0.25) is 0 Å². The summed E-state index contributed by atoms with van der Waals surface area (Å²) in [4.78, 5) is 8.30. The maximum absolute atomic E-state index is 10.5. The molecule has 4 N–H and O–H groups in total. The van der Waals surface area contributed by atoms with Crippen LogP contribution in [0.25, 0.3) is 11.0 Å². The summed E-state index contributed by atoms with van der Waals surface area (Å²) in [6.45, 7) is 4.90. The molecule has 1 fully saturated rings. The summed E-state index contributed by atoms with van der Waals surface area (Å²) >= 11 is 0. The number of aryl methyl sites for hydroxylation is 1. The van der Waals surface area contributed by atoms with Crippen molar-refractivity contribution in [1.82, 2.24) is 14.5 Å². The Morgan fingerprint density at radius 1 is 1.36 bits per heavy atom. The molecule has 0 radical (unpaired) electrons. The number of anilines is 1. The Bertz CT molecular complexity index is 672. The lowest BCUT2D eigenvalue weighted by Gasteiger charge is -2.20. The summed E-state index contributed by atoms with van der Waals surface area (Å²) in [5, 5.41) is 21.5. The van der Waals surface area contributed by atoms with Crippen molar-refractivity contribution in [2.24, 2.45) is 5.92 Å². The SMILES string of the molecule is CCOCC1CC(n2c(C)cc3c(N)ncnc32)C(O)C1O. The average molecular weight is 306 g/mol. The van der Waals surface area contributed by atoms with E-state index in [0.717, 1.165) is 11.1 Å². The summed E-state index contributed by atoms with van der Waals surface area (Å²) in [6, 6.07) is 1.67. The molecule has 0 saturated heterocycles. The van der Waals surface area contributed by atoms with Crippen LogP contribution < -0.4 is 5.73 Å². The fourth-order valence-corrected chi connectivity index (χ4v) is 3.38. The smallest absolute Gasteiger partial charge is 0.146 e. The number of hydrogen-bond acceptors (Lipinski definition) is 6. The van der Waals surface area contributed by atoms with Gasteiger partial charge in [0.25, 0.3) is 0 Å². The van der Waals surface area contributed by atoms with E-state index in [9.17, 15) is 10.2 Å². The Balaban J connectivity index is 1.97. The maximum atomic E-state index is 10.5. The number of nitrogen functional groups attached to an aromatic ring is 1. The van der Waals surface area contributed by atoms with Crippen molar-refractivity contribution in [3.05, 3.63) is 18.1 Å². The Morgan fingerprint density at radius 3 is 2.86 bits per heavy atom. The van der Waals surface area contributed by atoms with Crippen molar-refractivity contribution in [1.29, 1.82) is 0 Å². The Labute approximate surface area is 128 Å². The van der Waals surface area contributed by atoms with Gasteiger partial charge in [-0.15, -0.1) is 0 Å². The molecule has 120 valence electrons. The molecule has 1 aliphatic carbocycles. The minimum absolute atomic E-state index is 0.0871. The molecule has 7 nitrogen and oxygen atoms in total. The van der Waals surface area contributed by atoms with E-state index in [0.29, 0.717) is 31.1 Å². The number of hydrogen-bond donors (Lipinski definition) is 3. The highest BCUT2D eigenvalue weighted by atomic mass is 16.5. The zero-order valence-corrected chi connectivity index (χ0v) is 12.8. The lowest BCUT2D eigenvalue weighted by Crippen LogP contribution is -2.31. The second-order valence-electron chi connectivity index (χ2n) is 5.86. The maximum Gasteiger partial charge on any atom is 0.146 e.